The van der Waals surface area contributed by atoms with Crippen molar-refractivity contribution in [3.05, 3.63) is 24.3 Å². The van der Waals surface area contributed by atoms with E-state index < -0.39 is 15.4 Å². The maximum Gasteiger partial charge on any atom is 0.235 e. The number of halogens is 1. The summed E-state index contributed by atoms with van der Waals surface area (Å²) in [7, 11) is -3.24. The van der Waals surface area contributed by atoms with Crippen molar-refractivity contribution in [1.82, 2.24) is 0 Å². The highest BCUT2D eigenvalue weighted by Gasteiger charge is 2.39. The molecule has 0 unspecified atom stereocenters. The number of anilines is 2. The van der Waals surface area contributed by atoms with Gasteiger partial charge in [-0.25, -0.2) is 8.42 Å². The predicted octanol–water partition coefficient (Wildman–Crippen LogP) is 1.34. The summed E-state index contributed by atoms with van der Waals surface area (Å²) < 4.78 is 30.8. The van der Waals surface area contributed by atoms with Gasteiger partial charge in [0.25, 0.3) is 0 Å². The molecule has 0 bridgehead atoms. The minimum absolute atomic E-state index is 0. The van der Waals surface area contributed by atoms with Crippen LogP contribution in [0.3, 0.4) is 0 Å². The van der Waals surface area contributed by atoms with Gasteiger partial charge in [-0.1, -0.05) is 6.07 Å². The van der Waals surface area contributed by atoms with Crippen molar-refractivity contribution in [3.8, 4) is 0 Å². The number of carbonyl (C=O) groups is 1. The molecule has 2 heterocycles. The fraction of sp³-hybridized carbons (Fsp3) is 0.562. The number of nitrogens with one attached hydrogen (secondary N) is 1. The van der Waals surface area contributed by atoms with Crippen LogP contribution in [0.5, 0.6) is 0 Å². The molecule has 0 aromatic heterocycles. The molecule has 0 saturated carbocycles. The van der Waals surface area contributed by atoms with E-state index in [1.165, 1.54) is 4.31 Å². The van der Waals surface area contributed by atoms with E-state index >= 15 is 0 Å². The maximum absolute atomic E-state index is 12.7. The molecule has 2 fully saturated rings. The quantitative estimate of drug-likeness (QED) is 0.809. The number of amides is 1. The molecule has 9 heteroatoms. The summed E-state index contributed by atoms with van der Waals surface area (Å²) in [5.74, 6) is 0.0367. The monoisotopic (exact) mass is 389 g/mol. The molecule has 0 atom stereocenters. The molecule has 140 valence electrons. The summed E-state index contributed by atoms with van der Waals surface area (Å²) in [5.41, 5.74) is 6.40. The van der Waals surface area contributed by atoms with E-state index in [-0.39, 0.29) is 30.6 Å². The molecule has 2 saturated heterocycles. The Bertz CT molecular complexity index is 720. The third kappa shape index (κ3) is 4.08. The molecule has 25 heavy (non-hydrogen) atoms. The molecular weight excluding hydrogens is 366 g/mol. The molecule has 0 radical (unpaired) electrons. The smallest absolute Gasteiger partial charge is 0.235 e. The number of hydrogen-bond donors (Lipinski definition) is 2. The first-order chi connectivity index (χ1) is 11.5. The van der Waals surface area contributed by atoms with Crippen molar-refractivity contribution in [1.29, 1.82) is 0 Å². The Morgan fingerprint density at radius 1 is 1.32 bits per heavy atom. The molecule has 0 spiro atoms. The van der Waals surface area contributed by atoms with Gasteiger partial charge in [0.15, 0.2) is 0 Å². The van der Waals surface area contributed by atoms with Crippen molar-refractivity contribution >= 4 is 39.7 Å². The van der Waals surface area contributed by atoms with Gasteiger partial charge in [-0.2, -0.15) is 0 Å². The van der Waals surface area contributed by atoms with Gasteiger partial charge in [0.05, 0.1) is 16.9 Å². The summed E-state index contributed by atoms with van der Waals surface area (Å²) in [6.07, 6.45) is 1.81. The number of rotatable bonds is 4. The largest absolute Gasteiger partial charge is 0.381 e. The Hall–Kier alpha value is -1.35. The fourth-order valence-corrected chi connectivity index (χ4v) is 4.77. The average Bonchev–Trinajstić information content (AvgIpc) is 2.95. The van der Waals surface area contributed by atoms with Crippen LogP contribution in [-0.2, 0) is 19.6 Å². The van der Waals surface area contributed by atoms with Crippen LogP contribution in [-0.4, -0.2) is 46.4 Å². The molecule has 1 amide bonds. The Balaban J connectivity index is 0.00000225. The van der Waals surface area contributed by atoms with Crippen molar-refractivity contribution in [2.75, 3.05) is 41.7 Å². The molecule has 2 aliphatic rings. The summed E-state index contributed by atoms with van der Waals surface area (Å²) in [4.78, 5) is 12.7. The van der Waals surface area contributed by atoms with E-state index in [0.29, 0.717) is 50.4 Å². The molecule has 7 nitrogen and oxygen atoms in total. The normalized spacial score (nSPS) is 21.4. The Morgan fingerprint density at radius 3 is 2.64 bits per heavy atom. The first-order valence-corrected chi connectivity index (χ1v) is 9.78. The lowest BCUT2D eigenvalue weighted by atomic mass is 9.79. The van der Waals surface area contributed by atoms with Crippen molar-refractivity contribution in [2.24, 2.45) is 11.1 Å². The van der Waals surface area contributed by atoms with Crippen LogP contribution in [0.25, 0.3) is 0 Å². The first-order valence-electron chi connectivity index (χ1n) is 8.17. The second kappa shape index (κ2) is 7.90. The lowest BCUT2D eigenvalue weighted by Crippen LogP contribution is -2.46. The fourth-order valence-electron chi connectivity index (χ4n) is 3.22. The van der Waals surface area contributed by atoms with Crippen LogP contribution in [0.1, 0.15) is 19.3 Å². The first kappa shape index (κ1) is 20.0. The Kier molecular flexibility index (Phi) is 6.31. The third-order valence-corrected chi connectivity index (χ3v) is 6.68. The number of carbonyl (C=O) groups excluding carboxylic acids is 1. The summed E-state index contributed by atoms with van der Waals surface area (Å²) in [5, 5.41) is 2.90. The summed E-state index contributed by atoms with van der Waals surface area (Å²) in [6.45, 7) is 1.79. The zero-order valence-electron chi connectivity index (χ0n) is 13.9. The van der Waals surface area contributed by atoms with E-state index in [9.17, 15) is 13.2 Å². The Labute approximate surface area is 154 Å². The number of benzene rings is 1. The minimum Gasteiger partial charge on any atom is -0.381 e. The molecule has 3 N–H and O–H groups in total. The van der Waals surface area contributed by atoms with Crippen molar-refractivity contribution in [3.63, 3.8) is 0 Å². The molecule has 1 aromatic rings. The van der Waals surface area contributed by atoms with Crippen LogP contribution in [0, 0.1) is 5.41 Å². The van der Waals surface area contributed by atoms with Gasteiger partial charge in [0, 0.05) is 32.0 Å². The second-order valence-corrected chi connectivity index (χ2v) is 8.36. The summed E-state index contributed by atoms with van der Waals surface area (Å²) >= 11 is 0. The SMILES string of the molecule is Cl.NCC1(C(=O)Nc2cccc(N3CCCS3(=O)=O)c2)CCOCC1. The summed E-state index contributed by atoms with van der Waals surface area (Å²) in [6, 6.07) is 6.95. The van der Waals surface area contributed by atoms with Gasteiger partial charge in [-0.05, 0) is 37.5 Å². The molecule has 1 aromatic carbocycles. The molecule has 0 aliphatic carbocycles. The second-order valence-electron chi connectivity index (χ2n) is 6.34. The molecular formula is C16H24ClN3O4S. The lowest BCUT2D eigenvalue weighted by molar-refractivity contribution is -0.130. The van der Waals surface area contributed by atoms with Crippen LogP contribution >= 0.6 is 12.4 Å². The van der Waals surface area contributed by atoms with E-state index in [2.05, 4.69) is 5.32 Å². The minimum atomic E-state index is -3.24. The molecule has 2 aliphatic heterocycles. The Morgan fingerprint density at radius 2 is 2.04 bits per heavy atom. The van der Waals surface area contributed by atoms with E-state index in [4.69, 9.17) is 10.5 Å². The highest BCUT2D eigenvalue weighted by molar-refractivity contribution is 7.93. The lowest BCUT2D eigenvalue weighted by Gasteiger charge is -2.34. The van der Waals surface area contributed by atoms with Crippen molar-refractivity contribution in [2.45, 2.75) is 19.3 Å². The van der Waals surface area contributed by atoms with Crippen molar-refractivity contribution < 1.29 is 17.9 Å². The maximum atomic E-state index is 12.7. The predicted molar refractivity (Wildman–Crippen MR) is 99.6 cm³/mol. The molecule has 3 rings (SSSR count). The van der Waals surface area contributed by atoms with Gasteiger partial charge in [-0.3, -0.25) is 9.10 Å². The highest BCUT2D eigenvalue weighted by Crippen LogP contribution is 2.32. The topological polar surface area (TPSA) is 102 Å². The number of ether oxygens (including phenoxy) is 1. The zero-order valence-corrected chi connectivity index (χ0v) is 15.6. The van der Waals surface area contributed by atoms with Gasteiger partial charge in [0.2, 0.25) is 15.9 Å². The van der Waals surface area contributed by atoms with Gasteiger partial charge in [-0.15, -0.1) is 12.4 Å². The number of sulfonamides is 1. The van der Waals surface area contributed by atoms with Crippen LogP contribution in [0.4, 0.5) is 11.4 Å². The van der Waals surface area contributed by atoms with E-state index in [0.717, 1.165) is 0 Å². The van der Waals surface area contributed by atoms with Gasteiger partial charge in [0.1, 0.15) is 0 Å². The highest BCUT2D eigenvalue weighted by atomic mass is 35.5. The number of hydrogen-bond acceptors (Lipinski definition) is 5. The zero-order chi connectivity index (χ0) is 17.2. The van der Waals surface area contributed by atoms with Crippen LogP contribution in [0.15, 0.2) is 24.3 Å². The van der Waals surface area contributed by atoms with E-state index in [1.54, 1.807) is 24.3 Å². The van der Waals surface area contributed by atoms with E-state index in [1.807, 2.05) is 0 Å². The number of nitrogens with zero attached hydrogens (tertiary/aromatic N) is 1. The van der Waals surface area contributed by atoms with Gasteiger partial charge < -0.3 is 15.8 Å². The number of nitrogens with two attached hydrogens (primary N) is 1. The average molecular weight is 390 g/mol. The van der Waals surface area contributed by atoms with Crippen LogP contribution < -0.4 is 15.4 Å². The van der Waals surface area contributed by atoms with Gasteiger partial charge >= 0.3 is 0 Å². The third-order valence-electron chi connectivity index (χ3n) is 4.81. The van der Waals surface area contributed by atoms with Crippen LogP contribution in [0.2, 0.25) is 0 Å². The standard InChI is InChI=1S/C16H23N3O4S.ClH/c17-12-16(5-8-23-9-6-16)15(20)18-13-3-1-4-14(11-13)19-7-2-10-24(19,21)22;/h1,3-4,11H,2,5-10,12,17H2,(H,18,20);1H.